The van der Waals surface area contributed by atoms with Gasteiger partial charge in [-0.15, -0.1) is 0 Å². The van der Waals surface area contributed by atoms with E-state index in [0.717, 1.165) is 5.70 Å². The van der Waals surface area contributed by atoms with Gasteiger partial charge in [-0.25, -0.2) is 0 Å². The molecule has 0 radical (unpaired) electrons. The summed E-state index contributed by atoms with van der Waals surface area (Å²) in [5.41, 5.74) is 1.09. The molecule has 0 aliphatic carbocycles. The lowest BCUT2D eigenvalue weighted by atomic mass is 10.1. The molecule has 1 heterocycles. The largest absolute Gasteiger partial charge is 0.396 e. The Kier molecular flexibility index (Phi) is 5.09. The van der Waals surface area contributed by atoms with Crippen molar-refractivity contribution in [2.75, 3.05) is 13.2 Å². The van der Waals surface area contributed by atoms with E-state index in [-0.39, 0.29) is 39.9 Å². The quantitative estimate of drug-likeness (QED) is 0.524. The maximum absolute atomic E-state index is 8.96. The molecule has 0 fully saturated rings. The van der Waals surface area contributed by atoms with Crippen LogP contribution in [-0.2, 0) is 0 Å². The van der Waals surface area contributed by atoms with E-state index in [2.05, 4.69) is 18.5 Å². The zero-order valence-electron chi connectivity index (χ0n) is 7.07. The van der Waals surface area contributed by atoms with Crippen LogP contribution in [0.2, 0.25) is 0 Å². The molecule has 13 heavy (non-hydrogen) atoms. The van der Waals surface area contributed by atoms with Crippen molar-refractivity contribution in [1.82, 2.24) is 5.09 Å². The molecule has 1 aliphatic heterocycles. The second-order valence-corrected chi connectivity index (χ2v) is 5.38. The molecule has 0 aromatic rings. The summed E-state index contributed by atoms with van der Waals surface area (Å²) in [5.74, 6) is -0.0636. The van der Waals surface area contributed by atoms with Crippen molar-refractivity contribution < 1.29 is 10.2 Å². The molecule has 1 unspecified atom stereocenters. The minimum absolute atomic E-state index is 0.0351. The molecule has 1 atom stereocenters. The summed E-state index contributed by atoms with van der Waals surface area (Å²) in [6, 6.07) is 0. The first-order chi connectivity index (χ1) is 6.31. The van der Waals surface area contributed by atoms with Gasteiger partial charge in [0, 0.05) is 11.6 Å². The van der Waals surface area contributed by atoms with Gasteiger partial charge in [0.1, 0.15) is 0 Å². The summed E-state index contributed by atoms with van der Waals surface area (Å²) in [6.45, 7) is 0.0702. The van der Waals surface area contributed by atoms with Crippen molar-refractivity contribution in [3.63, 3.8) is 0 Å². The summed E-state index contributed by atoms with van der Waals surface area (Å²) < 4.78 is 3.33. The lowest BCUT2D eigenvalue weighted by Gasteiger charge is -2.13. The van der Waals surface area contributed by atoms with E-state index in [1.54, 1.807) is 0 Å². The van der Waals surface area contributed by atoms with E-state index < -0.39 is 0 Å². The van der Waals surface area contributed by atoms with Crippen LogP contribution >= 0.6 is 30.1 Å². The van der Waals surface area contributed by atoms with Crippen LogP contribution in [0.25, 0.3) is 0 Å². The molecular formula is C8H13INO2P. The number of allylic oxidation sites excluding steroid dienone is 3. The van der Waals surface area contributed by atoms with Gasteiger partial charge < -0.3 is 15.3 Å². The van der Waals surface area contributed by atoms with E-state index >= 15 is 0 Å². The average Bonchev–Trinajstić information content (AvgIpc) is 2.21. The summed E-state index contributed by atoms with van der Waals surface area (Å²) in [4.78, 5) is 0. The molecule has 5 heteroatoms. The topological polar surface area (TPSA) is 52.5 Å². The van der Waals surface area contributed by atoms with Gasteiger partial charge in [-0.1, -0.05) is 26.8 Å². The minimum atomic E-state index is -0.179. The van der Waals surface area contributed by atoms with Crippen molar-refractivity contribution in [1.29, 1.82) is 0 Å². The molecule has 0 amide bonds. The van der Waals surface area contributed by atoms with Gasteiger partial charge in [0.05, 0.1) is 13.2 Å². The number of hydrogen-bond donors (Lipinski definition) is 3. The van der Waals surface area contributed by atoms with E-state index in [9.17, 15) is 0 Å². The normalized spacial score (nSPS) is 16.3. The van der Waals surface area contributed by atoms with Gasteiger partial charge in [0.15, 0.2) is 0 Å². The molecule has 3 nitrogen and oxygen atoms in total. The van der Waals surface area contributed by atoms with Crippen molar-refractivity contribution >= 4 is 34.1 Å². The highest BCUT2D eigenvalue weighted by Crippen LogP contribution is 2.26. The Hall–Kier alpha value is 0.230. The van der Waals surface area contributed by atoms with Gasteiger partial charge >= 0.3 is 0 Å². The molecule has 1 aliphatic rings. The standard InChI is InChI=1S/C8H13INO2P/c11-4-6(5-12)8-2-1-7(10-13)3-9-8/h1-3,6,10-12H,4-5,13H2. The molecule has 3 N–H and O–H groups in total. The second-order valence-electron chi connectivity index (χ2n) is 2.60. The molecule has 74 valence electrons. The third kappa shape index (κ3) is 3.13. The zero-order valence-corrected chi connectivity index (χ0v) is 10.4. The maximum Gasteiger partial charge on any atom is 0.0526 e. The smallest absolute Gasteiger partial charge is 0.0526 e. The number of aliphatic hydroxyl groups excluding tert-OH is 2. The first-order valence-electron chi connectivity index (χ1n) is 3.88. The van der Waals surface area contributed by atoms with Crippen molar-refractivity contribution in [2.45, 2.75) is 0 Å². The first kappa shape index (κ1) is 11.3. The molecule has 0 saturated carbocycles. The molecule has 0 saturated heterocycles. The molecule has 0 spiro atoms. The van der Waals surface area contributed by atoms with E-state index in [1.807, 2.05) is 12.2 Å². The van der Waals surface area contributed by atoms with Gasteiger partial charge in [-0.05, 0) is 23.1 Å². The van der Waals surface area contributed by atoms with Crippen LogP contribution in [-0.4, -0.2) is 27.4 Å². The molecular weight excluding hydrogens is 300 g/mol. The SMILES string of the molecule is OCC(CO)C1=CC=C(NP)C=I1. The highest BCUT2D eigenvalue weighted by Gasteiger charge is 2.11. The predicted molar refractivity (Wildman–Crippen MR) is 66.8 cm³/mol. The van der Waals surface area contributed by atoms with Gasteiger partial charge in [0.25, 0.3) is 0 Å². The fourth-order valence-electron chi connectivity index (χ4n) is 0.901. The van der Waals surface area contributed by atoms with Crippen molar-refractivity contribution in [3.05, 3.63) is 21.4 Å². The van der Waals surface area contributed by atoms with Gasteiger partial charge in [-0.3, -0.25) is 0 Å². The van der Waals surface area contributed by atoms with Crippen LogP contribution in [0.15, 0.2) is 21.4 Å². The van der Waals surface area contributed by atoms with E-state index in [1.165, 1.54) is 3.58 Å². The number of rotatable bonds is 4. The number of nitrogens with one attached hydrogen (secondary N) is 1. The summed E-state index contributed by atoms with van der Waals surface area (Å²) in [7, 11) is 2.45. The lowest BCUT2D eigenvalue weighted by Crippen LogP contribution is -2.12. The third-order valence-electron chi connectivity index (χ3n) is 1.72. The fraction of sp³-hybridized carbons (Fsp3) is 0.375. The first-order valence-corrected chi connectivity index (χ1v) is 6.78. The van der Waals surface area contributed by atoms with Crippen LogP contribution in [0.5, 0.6) is 0 Å². The monoisotopic (exact) mass is 313 g/mol. The Labute approximate surface area is 89.9 Å². The Morgan fingerprint density at radius 3 is 2.46 bits per heavy atom. The van der Waals surface area contributed by atoms with Crippen LogP contribution in [0, 0.1) is 5.92 Å². The van der Waals surface area contributed by atoms with Crippen molar-refractivity contribution in [3.8, 4) is 0 Å². The second kappa shape index (κ2) is 5.86. The highest BCUT2D eigenvalue weighted by molar-refractivity contribution is 14.2. The maximum atomic E-state index is 8.96. The predicted octanol–water partition coefficient (Wildman–Crippen LogP) is 0.521. The Morgan fingerprint density at radius 1 is 1.38 bits per heavy atom. The molecule has 0 aromatic carbocycles. The lowest BCUT2D eigenvalue weighted by molar-refractivity contribution is 0.177. The van der Waals surface area contributed by atoms with Crippen molar-refractivity contribution in [2.24, 2.45) is 5.92 Å². The average molecular weight is 313 g/mol. The Balaban J connectivity index is 2.70. The van der Waals surface area contributed by atoms with E-state index in [4.69, 9.17) is 10.2 Å². The summed E-state index contributed by atoms with van der Waals surface area (Å²) in [6.07, 6.45) is 3.96. The molecule has 0 aromatic heterocycles. The van der Waals surface area contributed by atoms with Crippen LogP contribution in [0.4, 0.5) is 0 Å². The minimum Gasteiger partial charge on any atom is -0.396 e. The number of aliphatic hydroxyl groups is 2. The zero-order chi connectivity index (χ0) is 9.68. The fourth-order valence-corrected chi connectivity index (χ4v) is 3.79. The van der Waals surface area contributed by atoms with Crippen LogP contribution in [0.3, 0.4) is 0 Å². The number of hydrogen-bond acceptors (Lipinski definition) is 3. The van der Waals surface area contributed by atoms with Gasteiger partial charge in [-0.2, -0.15) is 0 Å². The third-order valence-corrected chi connectivity index (χ3v) is 4.99. The molecule has 1 rings (SSSR count). The molecule has 0 bridgehead atoms. The highest BCUT2D eigenvalue weighted by atomic mass is 127. The van der Waals surface area contributed by atoms with Crippen LogP contribution < -0.4 is 5.09 Å². The summed E-state index contributed by atoms with van der Waals surface area (Å²) in [5, 5.41) is 20.9. The van der Waals surface area contributed by atoms with Gasteiger partial charge in [0.2, 0.25) is 0 Å². The van der Waals surface area contributed by atoms with E-state index in [0.29, 0.717) is 0 Å². The summed E-state index contributed by atoms with van der Waals surface area (Å²) >= 11 is -0.179. The number of halogens is 1. The Morgan fingerprint density at radius 2 is 2.08 bits per heavy atom. The van der Waals surface area contributed by atoms with Crippen LogP contribution in [0.1, 0.15) is 0 Å². The Bertz CT molecular complexity index is 259.